The van der Waals surface area contributed by atoms with E-state index < -0.39 is 23.7 Å². The van der Waals surface area contributed by atoms with Gasteiger partial charge in [-0.25, -0.2) is 4.79 Å². The molecule has 154 valence electrons. The number of ether oxygens (including phenoxy) is 2. The summed E-state index contributed by atoms with van der Waals surface area (Å²) in [6.07, 6.45) is -3.18. The number of anilines is 2. The molecule has 0 fully saturated rings. The number of hydrogen-bond donors (Lipinski definition) is 2. The second-order valence-corrected chi connectivity index (χ2v) is 6.17. The lowest BCUT2D eigenvalue weighted by Crippen LogP contribution is -2.21. The molecule has 0 bridgehead atoms. The highest BCUT2D eigenvalue weighted by molar-refractivity contribution is 6.03. The van der Waals surface area contributed by atoms with Gasteiger partial charge in [-0.15, -0.1) is 0 Å². The molecule has 1 aliphatic heterocycles. The first-order chi connectivity index (χ1) is 14.3. The van der Waals surface area contributed by atoms with Gasteiger partial charge in [0.25, 0.3) is 5.91 Å². The average Bonchev–Trinajstić information content (AvgIpc) is 3.37. The van der Waals surface area contributed by atoms with Gasteiger partial charge < -0.3 is 20.1 Å². The van der Waals surface area contributed by atoms with Gasteiger partial charge in [0, 0.05) is 23.6 Å². The molecule has 0 saturated carbocycles. The molecule has 11 heteroatoms. The maximum Gasteiger partial charge on any atom is 0.416 e. The Morgan fingerprint density at radius 1 is 0.933 bits per heavy atom. The Morgan fingerprint density at radius 2 is 1.63 bits per heavy atom. The second-order valence-electron chi connectivity index (χ2n) is 6.17. The first-order valence-electron chi connectivity index (χ1n) is 8.55. The average molecular weight is 418 g/mol. The second kappa shape index (κ2) is 7.43. The summed E-state index contributed by atoms with van der Waals surface area (Å²) in [4.78, 5) is 24.6. The van der Waals surface area contributed by atoms with Crippen molar-refractivity contribution in [2.24, 2.45) is 0 Å². The van der Waals surface area contributed by atoms with Crippen LogP contribution in [-0.4, -0.2) is 28.5 Å². The van der Waals surface area contributed by atoms with Crippen molar-refractivity contribution in [2.45, 2.75) is 6.18 Å². The van der Waals surface area contributed by atoms with Crippen molar-refractivity contribution >= 4 is 23.3 Å². The molecule has 30 heavy (non-hydrogen) atoms. The summed E-state index contributed by atoms with van der Waals surface area (Å²) >= 11 is 0. The fraction of sp³-hybridized carbons (Fsp3) is 0.105. The molecular formula is C19H13F3N4O4. The lowest BCUT2D eigenvalue weighted by molar-refractivity contribution is -0.137. The number of rotatable bonds is 3. The van der Waals surface area contributed by atoms with Gasteiger partial charge in [0.2, 0.25) is 6.79 Å². The Kier molecular flexibility index (Phi) is 4.78. The van der Waals surface area contributed by atoms with Gasteiger partial charge in [0.05, 0.1) is 5.56 Å². The molecule has 2 N–H and O–H groups in total. The topological polar surface area (TPSA) is 94.5 Å². The number of carbonyl (C=O) groups excluding carboxylic acids is 2. The number of aromatic nitrogens is 2. The van der Waals surface area contributed by atoms with Crippen molar-refractivity contribution in [3.8, 4) is 11.5 Å². The van der Waals surface area contributed by atoms with Crippen LogP contribution >= 0.6 is 0 Å². The number of carbonyl (C=O) groups is 2. The van der Waals surface area contributed by atoms with Crippen LogP contribution in [0.2, 0.25) is 0 Å². The Morgan fingerprint density at radius 3 is 2.37 bits per heavy atom. The van der Waals surface area contributed by atoms with E-state index in [2.05, 4.69) is 15.7 Å². The Labute approximate surface area is 167 Å². The van der Waals surface area contributed by atoms with Crippen molar-refractivity contribution in [2.75, 3.05) is 17.4 Å². The van der Waals surface area contributed by atoms with E-state index in [4.69, 9.17) is 9.47 Å². The van der Waals surface area contributed by atoms with Gasteiger partial charge in [0.1, 0.15) is 0 Å². The van der Waals surface area contributed by atoms with E-state index in [1.807, 2.05) is 0 Å². The van der Waals surface area contributed by atoms with Crippen LogP contribution in [0.1, 0.15) is 16.1 Å². The number of fused-ring (bicyclic) bond motifs is 1. The maximum absolute atomic E-state index is 12.6. The van der Waals surface area contributed by atoms with Crippen LogP contribution in [0.3, 0.4) is 0 Å². The van der Waals surface area contributed by atoms with Crippen LogP contribution < -0.4 is 20.1 Å². The number of hydrogen-bond acceptors (Lipinski definition) is 5. The van der Waals surface area contributed by atoms with Gasteiger partial charge in [0.15, 0.2) is 17.2 Å². The third kappa shape index (κ3) is 4.04. The van der Waals surface area contributed by atoms with Gasteiger partial charge in [-0.2, -0.15) is 23.0 Å². The fourth-order valence-corrected chi connectivity index (χ4v) is 2.65. The number of benzene rings is 2. The molecular weight excluding hydrogens is 405 g/mol. The van der Waals surface area contributed by atoms with E-state index >= 15 is 0 Å². The SMILES string of the molecule is O=C(Nc1ccc(C(F)(F)F)cc1)c1ccn(C(=O)Nc2ccc3c(c2)OCO3)n1. The quantitative estimate of drug-likeness (QED) is 0.672. The van der Waals surface area contributed by atoms with Crippen molar-refractivity contribution in [1.29, 1.82) is 0 Å². The van der Waals surface area contributed by atoms with E-state index in [0.29, 0.717) is 17.2 Å². The zero-order valence-corrected chi connectivity index (χ0v) is 15.1. The van der Waals surface area contributed by atoms with E-state index in [9.17, 15) is 22.8 Å². The third-order valence-electron chi connectivity index (χ3n) is 4.12. The minimum absolute atomic E-state index is 0.0873. The summed E-state index contributed by atoms with van der Waals surface area (Å²) in [7, 11) is 0. The lowest BCUT2D eigenvalue weighted by Gasteiger charge is -2.08. The van der Waals surface area contributed by atoms with E-state index in [1.165, 1.54) is 12.3 Å². The molecule has 0 radical (unpaired) electrons. The molecule has 0 saturated heterocycles. The number of alkyl halides is 3. The van der Waals surface area contributed by atoms with E-state index in [1.54, 1.807) is 18.2 Å². The first kappa shape index (κ1) is 19.3. The summed E-state index contributed by atoms with van der Waals surface area (Å²) in [6, 6.07) is 9.49. The summed E-state index contributed by atoms with van der Waals surface area (Å²) in [5, 5.41) is 8.91. The van der Waals surface area contributed by atoms with Crippen LogP contribution in [0, 0.1) is 0 Å². The molecule has 4 rings (SSSR count). The van der Waals surface area contributed by atoms with E-state index in [-0.39, 0.29) is 18.2 Å². The molecule has 1 aromatic heterocycles. The summed E-state index contributed by atoms with van der Waals surface area (Å²) in [5.41, 5.74) is -0.316. The summed E-state index contributed by atoms with van der Waals surface area (Å²) < 4.78 is 49.1. The molecule has 0 atom stereocenters. The zero-order chi connectivity index (χ0) is 21.3. The molecule has 2 heterocycles. The smallest absolute Gasteiger partial charge is 0.416 e. The predicted molar refractivity (Wildman–Crippen MR) is 98.6 cm³/mol. The van der Waals surface area contributed by atoms with Crippen LogP contribution in [0.25, 0.3) is 0 Å². The monoisotopic (exact) mass is 418 g/mol. The standard InChI is InChI=1S/C19H13F3N4O4/c20-19(21,22)11-1-3-12(4-2-11)23-17(27)14-7-8-26(25-14)18(28)24-13-5-6-15-16(9-13)30-10-29-15/h1-9H,10H2,(H,23,27)(H,24,28). The highest BCUT2D eigenvalue weighted by atomic mass is 19.4. The molecule has 0 spiro atoms. The van der Waals surface area contributed by atoms with Crippen molar-refractivity contribution in [3.05, 3.63) is 66.0 Å². The van der Waals surface area contributed by atoms with Gasteiger partial charge in [-0.3, -0.25) is 4.79 Å². The molecule has 0 aliphatic carbocycles. The maximum atomic E-state index is 12.6. The van der Waals surface area contributed by atoms with Gasteiger partial charge >= 0.3 is 12.2 Å². The van der Waals surface area contributed by atoms with Crippen LogP contribution in [-0.2, 0) is 6.18 Å². The molecule has 2 aromatic carbocycles. The number of nitrogens with zero attached hydrogens (tertiary/aromatic N) is 2. The number of halogens is 3. The Bertz CT molecular complexity index is 1110. The van der Waals surface area contributed by atoms with Crippen LogP contribution in [0.4, 0.5) is 29.3 Å². The molecule has 0 unspecified atom stereocenters. The zero-order valence-electron chi connectivity index (χ0n) is 15.1. The lowest BCUT2D eigenvalue weighted by atomic mass is 10.2. The highest BCUT2D eigenvalue weighted by Gasteiger charge is 2.30. The summed E-state index contributed by atoms with van der Waals surface area (Å²) in [5.74, 6) is 0.378. The van der Waals surface area contributed by atoms with E-state index in [0.717, 1.165) is 28.9 Å². The summed E-state index contributed by atoms with van der Waals surface area (Å²) in [6.45, 7) is 0.100. The van der Waals surface area contributed by atoms with Gasteiger partial charge in [-0.05, 0) is 42.5 Å². The largest absolute Gasteiger partial charge is 0.454 e. The van der Waals surface area contributed by atoms with Gasteiger partial charge in [-0.1, -0.05) is 0 Å². The minimum Gasteiger partial charge on any atom is -0.454 e. The normalized spacial score (nSPS) is 12.5. The van der Waals surface area contributed by atoms with Crippen molar-refractivity contribution in [1.82, 2.24) is 9.78 Å². The Hall–Kier alpha value is -4.02. The molecule has 3 aromatic rings. The molecule has 2 amide bonds. The number of amides is 2. The first-order valence-corrected chi connectivity index (χ1v) is 8.55. The molecule has 1 aliphatic rings. The minimum atomic E-state index is -4.47. The van der Waals surface area contributed by atoms with Crippen LogP contribution in [0.15, 0.2) is 54.7 Å². The van der Waals surface area contributed by atoms with Crippen molar-refractivity contribution in [3.63, 3.8) is 0 Å². The number of nitrogens with one attached hydrogen (secondary N) is 2. The predicted octanol–water partition coefficient (Wildman–Crippen LogP) is 3.96. The highest BCUT2D eigenvalue weighted by Crippen LogP contribution is 2.34. The molecule has 8 nitrogen and oxygen atoms in total. The van der Waals surface area contributed by atoms with Crippen molar-refractivity contribution < 1.29 is 32.2 Å². The van der Waals surface area contributed by atoms with Crippen LogP contribution in [0.5, 0.6) is 11.5 Å². The third-order valence-corrected chi connectivity index (χ3v) is 4.12. The Balaban J connectivity index is 1.40. The fourth-order valence-electron chi connectivity index (χ4n) is 2.65.